The van der Waals surface area contributed by atoms with Crippen molar-refractivity contribution in [3.05, 3.63) is 82.7 Å². The van der Waals surface area contributed by atoms with Gasteiger partial charge in [-0.2, -0.15) is 0 Å². The van der Waals surface area contributed by atoms with E-state index in [0.29, 0.717) is 24.8 Å². The third-order valence-electron chi connectivity index (χ3n) is 6.43. The SMILES string of the molecule is CCN(CC)C(=O)c1ncn2c1CN(C(=O)CC(N)Cc1cc(F)c(F)cc1F)Cc1ccccc1-2. The van der Waals surface area contributed by atoms with Crippen LogP contribution in [0.25, 0.3) is 5.69 Å². The van der Waals surface area contributed by atoms with Crippen molar-refractivity contribution in [2.24, 2.45) is 5.73 Å². The van der Waals surface area contributed by atoms with Crippen LogP contribution in [-0.2, 0) is 24.3 Å². The first-order valence-corrected chi connectivity index (χ1v) is 11.8. The molecule has 3 aromatic rings. The molecule has 0 saturated carbocycles. The standard InChI is InChI=1S/C26H28F3N5O2/c1-3-32(4-2)26(36)25-23-14-33(13-16-7-5-6-8-22(16)34(23)15-31-25)24(35)11-18(30)9-17-10-20(28)21(29)12-19(17)27/h5-8,10,12,15,18H,3-4,9,11,13-14,30H2,1-2H3. The van der Waals surface area contributed by atoms with Gasteiger partial charge in [0.2, 0.25) is 5.91 Å². The Morgan fingerprint density at radius 2 is 1.75 bits per heavy atom. The summed E-state index contributed by atoms with van der Waals surface area (Å²) in [5, 5.41) is 0. The Labute approximate surface area is 207 Å². The number of nitrogens with two attached hydrogens (primary N) is 1. The molecule has 7 nitrogen and oxygen atoms in total. The number of aromatic nitrogens is 2. The molecule has 0 spiro atoms. The second-order valence-electron chi connectivity index (χ2n) is 8.79. The monoisotopic (exact) mass is 499 g/mol. The Kier molecular flexibility index (Phi) is 7.44. The van der Waals surface area contributed by atoms with Crippen LogP contribution in [0.5, 0.6) is 0 Å². The number of imidazole rings is 1. The van der Waals surface area contributed by atoms with E-state index in [4.69, 9.17) is 5.73 Å². The van der Waals surface area contributed by atoms with Crippen LogP contribution in [-0.4, -0.2) is 50.3 Å². The minimum Gasteiger partial charge on any atom is -0.338 e. The van der Waals surface area contributed by atoms with Gasteiger partial charge in [0.1, 0.15) is 12.1 Å². The zero-order chi connectivity index (χ0) is 26.0. The van der Waals surface area contributed by atoms with Crippen molar-refractivity contribution < 1.29 is 22.8 Å². The van der Waals surface area contributed by atoms with Crippen LogP contribution in [0.1, 0.15) is 47.6 Å². The Morgan fingerprint density at radius 1 is 1.06 bits per heavy atom. The predicted octanol–water partition coefficient (Wildman–Crippen LogP) is 3.57. The van der Waals surface area contributed by atoms with Gasteiger partial charge in [-0.05, 0) is 43.5 Å². The highest BCUT2D eigenvalue weighted by Gasteiger charge is 2.30. The van der Waals surface area contributed by atoms with Crippen LogP contribution in [0.15, 0.2) is 42.7 Å². The van der Waals surface area contributed by atoms with Crippen molar-refractivity contribution >= 4 is 11.8 Å². The van der Waals surface area contributed by atoms with Gasteiger partial charge in [-0.25, -0.2) is 18.2 Å². The molecular weight excluding hydrogens is 471 g/mol. The smallest absolute Gasteiger partial charge is 0.274 e. The molecule has 0 fully saturated rings. The number of amides is 2. The van der Waals surface area contributed by atoms with Crippen LogP contribution in [0.3, 0.4) is 0 Å². The molecule has 1 aliphatic heterocycles. The van der Waals surface area contributed by atoms with Gasteiger partial charge in [0, 0.05) is 38.2 Å². The van der Waals surface area contributed by atoms with E-state index in [0.717, 1.165) is 17.3 Å². The molecule has 0 bridgehead atoms. The number of carbonyl (C=O) groups is 2. The lowest BCUT2D eigenvalue weighted by molar-refractivity contribution is -0.132. The van der Waals surface area contributed by atoms with E-state index in [1.807, 2.05) is 42.7 Å². The Morgan fingerprint density at radius 3 is 2.47 bits per heavy atom. The molecule has 0 radical (unpaired) electrons. The Balaban J connectivity index is 1.60. The largest absolute Gasteiger partial charge is 0.338 e. The topological polar surface area (TPSA) is 84.5 Å². The van der Waals surface area contributed by atoms with Gasteiger partial charge in [0.05, 0.1) is 17.9 Å². The maximum atomic E-state index is 14.1. The highest BCUT2D eigenvalue weighted by Crippen LogP contribution is 2.27. The number of halogens is 3. The van der Waals surface area contributed by atoms with Gasteiger partial charge < -0.3 is 20.1 Å². The van der Waals surface area contributed by atoms with Crippen LogP contribution >= 0.6 is 0 Å². The maximum Gasteiger partial charge on any atom is 0.274 e. The first kappa shape index (κ1) is 25.4. The molecule has 190 valence electrons. The molecule has 0 aliphatic carbocycles. The zero-order valence-electron chi connectivity index (χ0n) is 20.2. The number of hydrogen-bond donors (Lipinski definition) is 1. The summed E-state index contributed by atoms with van der Waals surface area (Å²) in [5.41, 5.74) is 8.58. The zero-order valence-corrected chi connectivity index (χ0v) is 20.2. The van der Waals surface area contributed by atoms with E-state index in [1.165, 1.54) is 0 Å². The van der Waals surface area contributed by atoms with Crippen molar-refractivity contribution in [1.29, 1.82) is 0 Å². The van der Waals surface area contributed by atoms with Gasteiger partial charge in [0.15, 0.2) is 17.3 Å². The van der Waals surface area contributed by atoms with Gasteiger partial charge in [-0.15, -0.1) is 0 Å². The van der Waals surface area contributed by atoms with E-state index in [9.17, 15) is 22.8 Å². The summed E-state index contributed by atoms with van der Waals surface area (Å²) in [6.07, 6.45) is 1.31. The fourth-order valence-electron chi connectivity index (χ4n) is 4.50. The molecule has 1 aliphatic rings. The highest BCUT2D eigenvalue weighted by molar-refractivity contribution is 5.94. The van der Waals surface area contributed by atoms with Gasteiger partial charge in [-0.3, -0.25) is 9.59 Å². The molecule has 36 heavy (non-hydrogen) atoms. The number of nitrogens with zero attached hydrogens (tertiary/aromatic N) is 4. The molecular formula is C26H28F3N5O2. The fraction of sp³-hybridized carbons (Fsp3) is 0.346. The quantitative estimate of drug-likeness (QED) is 0.504. The molecule has 10 heteroatoms. The third kappa shape index (κ3) is 4.99. The lowest BCUT2D eigenvalue weighted by Gasteiger charge is -2.24. The van der Waals surface area contributed by atoms with Crippen LogP contribution < -0.4 is 5.73 Å². The normalized spacial score (nSPS) is 13.6. The summed E-state index contributed by atoms with van der Waals surface area (Å²) in [7, 11) is 0. The second-order valence-corrected chi connectivity index (χ2v) is 8.79. The van der Waals surface area contributed by atoms with Crippen molar-refractivity contribution in [3.8, 4) is 5.69 Å². The van der Waals surface area contributed by atoms with Gasteiger partial charge in [0.25, 0.3) is 5.91 Å². The van der Waals surface area contributed by atoms with Gasteiger partial charge in [-0.1, -0.05) is 18.2 Å². The van der Waals surface area contributed by atoms with Crippen molar-refractivity contribution in [2.45, 2.75) is 45.8 Å². The van der Waals surface area contributed by atoms with E-state index in [2.05, 4.69) is 4.98 Å². The summed E-state index contributed by atoms with van der Waals surface area (Å²) >= 11 is 0. The maximum absolute atomic E-state index is 14.1. The molecule has 2 heterocycles. The molecule has 1 atom stereocenters. The van der Waals surface area contributed by atoms with E-state index >= 15 is 0 Å². The number of fused-ring (bicyclic) bond motifs is 3. The van der Waals surface area contributed by atoms with Crippen molar-refractivity contribution in [2.75, 3.05) is 13.1 Å². The minimum absolute atomic E-state index is 0.0967. The Hall–Kier alpha value is -3.66. The van der Waals surface area contributed by atoms with Crippen LogP contribution in [0.4, 0.5) is 13.2 Å². The third-order valence-corrected chi connectivity index (χ3v) is 6.43. The number of benzene rings is 2. The molecule has 1 unspecified atom stereocenters. The van der Waals surface area contributed by atoms with Crippen molar-refractivity contribution in [1.82, 2.24) is 19.4 Å². The lowest BCUT2D eigenvalue weighted by atomic mass is 10.0. The summed E-state index contributed by atoms with van der Waals surface area (Å²) in [4.78, 5) is 34.1. The molecule has 1 aromatic heterocycles. The highest BCUT2D eigenvalue weighted by atomic mass is 19.2. The number of carbonyl (C=O) groups excluding carboxylic acids is 2. The van der Waals surface area contributed by atoms with E-state index < -0.39 is 23.5 Å². The summed E-state index contributed by atoms with van der Waals surface area (Å²) in [5.74, 6) is -3.89. The lowest BCUT2D eigenvalue weighted by Crippen LogP contribution is -2.37. The first-order chi connectivity index (χ1) is 17.2. The minimum atomic E-state index is -1.28. The Bertz CT molecular complexity index is 1290. The predicted molar refractivity (Wildman–Crippen MR) is 128 cm³/mol. The number of para-hydroxylation sites is 1. The second kappa shape index (κ2) is 10.5. The first-order valence-electron chi connectivity index (χ1n) is 11.8. The number of rotatable bonds is 7. The van der Waals surface area contributed by atoms with E-state index in [-0.39, 0.29) is 49.0 Å². The van der Waals surface area contributed by atoms with Gasteiger partial charge >= 0.3 is 0 Å². The summed E-state index contributed by atoms with van der Waals surface area (Å²) < 4.78 is 42.7. The average Bonchev–Trinajstić information content (AvgIpc) is 3.18. The summed E-state index contributed by atoms with van der Waals surface area (Å²) in [6, 6.07) is 7.95. The molecule has 2 N–H and O–H groups in total. The molecule has 2 aromatic carbocycles. The molecule has 2 amide bonds. The number of hydrogen-bond acceptors (Lipinski definition) is 4. The van der Waals surface area contributed by atoms with Crippen LogP contribution in [0, 0.1) is 17.5 Å². The van der Waals surface area contributed by atoms with Crippen molar-refractivity contribution in [3.63, 3.8) is 0 Å². The molecule has 4 rings (SSSR count). The summed E-state index contributed by atoms with van der Waals surface area (Å²) in [6.45, 7) is 5.23. The average molecular weight is 500 g/mol. The van der Waals surface area contributed by atoms with E-state index in [1.54, 1.807) is 16.1 Å². The van der Waals surface area contributed by atoms with Crippen LogP contribution in [0.2, 0.25) is 0 Å². The molecule has 0 saturated heterocycles. The fourth-order valence-corrected chi connectivity index (χ4v) is 4.50.